The van der Waals surface area contributed by atoms with Gasteiger partial charge in [-0.1, -0.05) is 0 Å². The van der Waals surface area contributed by atoms with Gasteiger partial charge in [0, 0.05) is 6.07 Å². The average molecular weight is 240 g/mol. The molecule has 1 aromatic carbocycles. The Bertz CT molecular complexity index is 437. The van der Waals surface area contributed by atoms with E-state index < -0.39 is 17.3 Å². The van der Waals surface area contributed by atoms with E-state index in [1.807, 2.05) is 0 Å². The number of nitrogens with two attached hydrogens (primary N) is 2. The number of benzene rings is 1. The van der Waals surface area contributed by atoms with Crippen molar-refractivity contribution in [3.05, 3.63) is 11.6 Å². The standard InChI is InChI=1S/C11H16N2O4/c1-11(2,3)17-10(16)7-8(13)6(14)4-5(12)9(7)15/h4,14-15H,12-13H2,1-3H3. The zero-order valence-electron chi connectivity index (χ0n) is 9.94. The molecule has 17 heavy (non-hydrogen) atoms. The van der Waals surface area contributed by atoms with Crippen LogP contribution in [-0.4, -0.2) is 21.8 Å². The van der Waals surface area contributed by atoms with Crippen LogP contribution < -0.4 is 11.5 Å². The molecule has 0 fully saturated rings. The number of anilines is 2. The molecule has 0 radical (unpaired) electrons. The molecule has 0 aromatic heterocycles. The zero-order valence-corrected chi connectivity index (χ0v) is 9.94. The van der Waals surface area contributed by atoms with Crippen LogP contribution in [0.3, 0.4) is 0 Å². The molecule has 0 saturated carbocycles. The summed E-state index contributed by atoms with van der Waals surface area (Å²) in [6.45, 7) is 5.01. The van der Waals surface area contributed by atoms with Crippen LogP contribution in [0.1, 0.15) is 31.1 Å². The number of hydrogen-bond donors (Lipinski definition) is 4. The van der Waals surface area contributed by atoms with Gasteiger partial charge in [0.05, 0.1) is 11.4 Å². The first-order valence-corrected chi connectivity index (χ1v) is 4.96. The second kappa shape index (κ2) is 4.04. The first-order chi connectivity index (χ1) is 7.63. The van der Waals surface area contributed by atoms with E-state index >= 15 is 0 Å². The Labute approximate surface area is 98.8 Å². The molecular formula is C11H16N2O4. The third kappa shape index (κ3) is 2.72. The van der Waals surface area contributed by atoms with E-state index in [4.69, 9.17) is 16.2 Å². The topological polar surface area (TPSA) is 119 Å². The Morgan fingerprint density at radius 3 is 2.29 bits per heavy atom. The van der Waals surface area contributed by atoms with Gasteiger partial charge in [0.2, 0.25) is 0 Å². The van der Waals surface area contributed by atoms with Gasteiger partial charge in [0.25, 0.3) is 0 Å². The van der Waals surface area contributed by atoms with Gasteiger partial charge >= 0.3 is 5.97 Å². The lowest BCUT2D eigenvalue weighted by Crippen LogP contribution is -2.24. The van der Waals surface area contributed by atoms with Crippen LogP contribution in [0.5, 0.6) is 11.5 Å². The second-order valence-electron chi connectivity index (χ2n) is 4.62. The van der Waals surface area contributed by atoms with Gasteiger partial charge < -0.3 is 26.4 Å². The van der Waals surface area contributed by atoms with Crippen molar-refractivity contribution in [1.82, 2.24) is 0 Å². The quantitative estimate of drug-likeness (QED) is 0.253. The minimum absolute atomic E-state index is 0.141. The minimum Gasteiger partial charge on any atom is -0.506 e. The van der Waals surface area contributed by atoms with Gasteiger partial charge in [0.1, 0.15) is 16.9 Å². The molecule has 0 aliphatic rings. The van der Waals surface area contributed by atoms with E-state index in [1.54, 1.807) is 20.8 Å². The molecule has 94 valence electrons. The summed E-state index contributed by atoms with van der Waals surface area (Å²) in [5.74, 6) is -1.70. The van der Waals surface area contributed by atoms with Crippen molar-refractivity contribution in [2.75, 3.05) is 11.5 Å². The highest BCUT2D eigenvalue weighted by atomic mass is 16.6. The summed E-state index contributed by atoms with van der Waals surface area (Å²) in [5, 5.41) is 19.1. The molecule has 1 aromatic rings. The Morgan fingerprint density at radius 1 is 1.29 bits per heavy atom. The van der Waals surface area contributed by atoms with E-state index in [9.17, 15) is 15.0 Å². The lowest BCUT2D eigenvalue weighted by molar-refractivity contribution is 0.00679. The predicted molar refractivity (Wildman–Crippen MR) is 63.8 cm³/mol. The zero-order chi connectivity index (χ0) is 13.4. The number of ether oxygens (including phenoxy) is 1. The Hall–Kier alpha value is -2.11. The van der Waals surface area contributed by atoms with Gasteiger partial charge in [0.15, 0.2) is 5.75 Å². The van der Waals surface area contributed by atoms with Crippen LogP contribution in [0.15, 0.2) is 6.07 Å². The number of esters is 1. The third-order valence-corrected chi connectivity index (χ3v) is 1.95. The number of carbonyl (C=O) groups is 1. The fourth-order valence-corrected chi connectivity index (χ4v) is 1.23. The maximum atomic E-state index is 11.8. The summed E-state index contributed by atoms with van der Waals surface area (Å²) in [5.41, 5.74) is 9.46. The van der Waals surface area contributed by atoms with E-state index in [0.717, 1.165) is 6.07 Å². The van der Waals surface area contributed by atoms with Crippen LogP contribution >= 0.6 is 0 Å². The number of nitrogen functional groups attached to an aromatic ring is 2. The maximum absolute atomic E-state index is 11.8. The summed E-state index contributed by atoms with van der Waals surface area (Å²) in [7, 11) is 0. The Balaban J connectivity index is 3.27. The lowest BCUT2D eigenvalue weighted by atomic mass is 10.1. The van der Waals surface area contributed by atoms with Gasteiger partial charge in [-0.2, -0.15) is 0 Å². The van der Waals surface area contributed by atoms with Crippen molar-refractivity contribution in [2.45, 2.75) is 26.4 Å². The molecule has 0 unspecified atom stereocenters. The Morgan fingerprint density at radius 2 is 1.82 bits per heavy atom. The lowest BCUT2D eigenvalue weighted by Gasteiger charge is -2.21. The predicted octanol–water partition coefficient (Wildman–Crippen LogP) is 1.22. The van der Waals surface area contributed by atoms with E-state index in [0.29, 0.717) is 0 Å². The van der Waals surface area contributed by atoms with Crippen LogP contribution in [0.2, 0.25) is 0 Å². The molecule has 0 aliphatic carbocycles. The summed E-state index contributed by atoms with van der Waals surface area (Å²) in [6.07, 6.45) is 0. The molecule has 0 atom stereocenters. The maximum Gasteiger partial charge on any atom is 0.344 e. The molecule has 1 rings (SSSR count). The van der Waals surface area contributed by atoms with Gasteiger partial charge in [-0.15, -0.1) is 0 Å². The molecule has 6 N–H and O–H groups in total. The highest BCUT2D eigenvalue weighted by Gasteiger charge is 2.25. The Kier molecular flexibility index (Phi) is 3.08. The van der Waals surface area contributed by atoms with Crippen LogP contribution in [-0.2, 0) is 4.74 Å². The van der Waals surface area contributed by atoms with Crippen LogP contribution in [0.25, 0.3) is 0 Å². The molecule has 6 heteroatoms. The average Bonchev–Trinajstić information content (AvgIpc) is 2.12. The van der Waals surface area contributed by atoms with Crippen molar-refractivity contribution in [1.29, 1.82) is 0 Å². The number of rotatable bonds is 1. The van der Waals surface area contributed by atoms with Gasteiger partial charge in [-0.25, -0.2) is 4.79 Å². The molecule has 0 heterocycles. The van der Waals surface area contributed by atoms with E-state index in [1.165, 1.54) is 0 Å². The number of hydrogen-bond acceptors (Lipinski definition) is 6. The van der Waals surface area contributed by atoms with Gasteiger partial charge in [-0.05, 0) is 20.8 Å². The molecule has 0 saturated heterocycles. The normalized spacial score (nSPS) is 11.2. The molecular weight excluding hydrogens is 224 g/mol. The molecule has 0 aliphatic heterocycles. The molecule has 0 amide bonds. The molecule has 0 spiro atoms. The SMILES string of the molecule is CC(C)(C)OC(=O)c1c(N)c(O)cc(N)c1O. The number of carbonyl (C=O) groups excluding carboxylic acids is 1. The fraction of sp³-hybridized carbons (Fsp3) is 0.364. The summed E-state index contributed by atoms with van der Waals surface area (Å²) in [4.78, 5) is 11.8. The summed E-state index contributed by atoms with van der Waals surface area (Å²) < 4.78 is 5.05. The van der Waals surface area contributed by atoms with Crippen molar-refractivity contribution >= 4 is 17.3 Å². The van der Waals surface area contributed by atoms with Crippen molar-refractivity contribution in [2.24, 2.45) is 0 Å². The molecule has 6 nitrogen and oxygen atoms in total. The van der Waals surface area contributed by atoms with E-state index in [2.05, 4.69) is 0 Å². The van der Waals surface area contributed by atoms with Crippen molar-refractivity contribution in [3.8, 4) is 11.5 Å². The number of aromatic hydroxyl groups is 2. The highest BCUT2D eigenvalue weighted by Crippen LogP contribution is 2.37. The molecule has 0 bridgehead atoms. The van der Waals surface area contributed by atoms with Crippen LogP contribution in [0, 0.1) is 0 Å². The second-order valence-corrected chi connectivity index (χ2v) is 4.62. The largest absolute Gasteiger partial charge is 0.506 e. The van der Waals surface area contributed by atoms with Crippen LogP contribution in [0.4, 0.5) is 11.4 Å². The smallest absolute Gasteiger partial charge is 0.344 e. The summed E-state index contributed by atoms with van der Waals surface area (Å²) >= 11 is 0. The first kappa shape index (κ1) is 13.0. The summed E-state index contributed by atoms with van der Waals surface area (Å²) in [6, 6.07) is 1.07. The third-order valence-electron chi connectivity index (χ3n) is 1.95. The van der Waals surface area contributed by atoms with E-state index in [-0.39, 0.29) is 22.7 Å². The monoisotopic (exact) mass is 240 g/mol. The van der Waals surface area contributed by atoms with Crippen molar-refractivity contribution < 1.29 is 19.7 Å². The highest BCUT2D eigenvalue weighted by molar-refractivity contribution is 6.01. The van der Waals surface area contributed by atoms with Gasteiger partial charge in [-0.3, -0.25) is 0 Å². The first-order valence-electron chi connectivity index (χ1n) is 4.96. The number of phenols is 2. The van der Waals surface area contributed by atoms with Crippen molar-refractivity contribution in [3.63, 3.8) is 0 Å². The minimum atomic E-state index is -0.838. The fourth-order valence-electron chi connectivity index (χ4n) is 1.23. The number of phenolic OH excluding ortho intramolecular Hbond substituents is 2.